The Bertz CT molecular complexity index is 1130. The van der Waals surface area contributed by atoms with Gasteiger partial charge >= 0.3 is 17.9 Å². The average Bonchev–Trinajstić information content (AvgIpc) is 3.27. The van der Waals surface area contributed by atoms with Crippen molar-refractivity contribution in [3.8, 4) is 0 Å². The van der Waals surface area contributed by atoms with E-state index in [4.69, 9.17) is 14.2 Å². The summed E-state index contributed by atoms with van der Waals surface area (Å²) in [6.07, 6.45) is 61.9. The van der Waals surface area contributed by atoms with Crippen LogP contribution in [0.3, 0.4) is 0 Å². The molecule has 0 heterocycles. The quantitative estimate of drug-likeness (QED) is 0.0262. The van der Waals surface area contributed by atoms with Crippen molar-refractivity contribution in [2.45, 2.75) is 264 Å². The molecule has 0 amide bonds. The maximum atomic E-state index is 12.8. The van der Waals surface area contributed by atoms with E-state index >= 15 is 0 Å². The van der Waals surface area contributed by atoms with Crippen LogP contribution in [-0.4, -0.2) is 37.2 Å². The van der Waals surface area contributed by atoms with Crippen LogP contribution in [0.5, 0.6) is 0 Å². The van der Waals surface area contributed by atoms with Gasteiger partial charge in [0, 0.05) is 19.3 Å². The van der Waals surface area contributed by atoms with Gasteiger partial charge in [-0.3, -0.25) is 14.4 Å². The number of unbranched alkanes of at least 4 members (excludes halogenated alkanes) is 26. The summed E-state index contributed by atoms with van der Waals surface area (Å²) in [5.41, 5.74) is 0. The van der Waals surface area contributed by atoms with Gasteiger partial charge in [-0.1, -0.05) is 210 Å². The summed E-state index contributed by atoms with van der Waals surface area (Å²) in [5, 5.41) is 0. The Labute approximate surface area is 383 Å². The van der Waals surface area contributed by atoms with Gasteiger partial charge in [0.25, 0.3) is 0 Å². The lowest BCUT2D eigenvalue weighted by Gasteiger charge is -2.18. The van der Waals surface area contributed by atoms with Crippen molar-refractivity contribution in [2.24, 2.45) is 0 Å². The predicted octanol–water partition coefficient (Wildman–Crippen LogP) is 17.3. The minimum absolute atomic E-state index is 0.0856. The molecule has 1 atom stereocenters. The van der Waals surface area contributed by atoms with E-state index in [1.54, 1.807) is 0 Å². The Morgan fingerprint density at radius 2 is 0.581 bits per heavy atom. The van der Waals surface area contributed by atoms with Crippen molar-refractivity contribution in [1.29, 1.82) is 0 Å². The first-order valence-electron chi connectivity index (χ1n) is 26.3. The van der Waals surface area contributed by atoms with Gasteiger partial charge in [-0.15, -0.1) is 0 Å². The van der Waals surface area contributed by atoms with Gasteiger partial charge in [0.05, 0.1) is 0 Å². The summed E-state index contributed by atoms with van der Waals surface area (Å²) < 4.78 is 16.8. The maximum absolute atomic E-state index is 12.8. The first-order valence-corrected chi connectivity index (χ1v) is 26.3. The van der Waals surface area contributed by atoms with Gasteiger partial charge < -0.3 is 14.2 Å². The molecule has 0 unspecified atom stereocenters. The van der Waals surface area contributed by atoms with E-state index in [2.05, 4.69) is 81.5 Å². The van der Waals surface area contributed by atoms with Crippen LogP contribution in [0.1, 0.15) is 258 Å². The number of carbonyl (C=O) groups is 3. The van der Waals surface area contributed by atoms with Crippen molar-refractivity contribution in [2.75, 3.05) is 13.2 Å². The number of ether oxygens (including phenoxy) is 3. The summed E-state index contributed by atoms with van der Waals surface area (Å²) in [6, 6.07) is 0. The summed E-state index contributed by atoms with van der Waals surface area (Å²) in [5.74, 6) is -0.917. The fourth-order valence-corrected chi connectivity index (χ4v) is 7.24. The summed E-state index contributed by atoms with van der Waals surface area (Å²) in [7, 11) is 0. The molecule has 0 aliphatic heterocycles. The Hall–Kier alpha value is -2.89. The molecule has 0 spiro atoms. The van der Waals surface area contributed by atoms with Crippen LogP contribution in [-0.2, 0) is 28.6 Å². The molecule has 358 valence electrons. The molecule has 6 heteroatoms. The molecule has 0 saturated carbocycles. The van der Waals surface area contributed by atoms with Crippen LogP contribution in [0.2, 0.25) is 0 Å². The lowest BCUT2D eigenvalue weighted by molar-refractivity contribution is -0.167. The van der Waals surface area contributed by atoms with Gasteiger partial charge in [0.15, 0.2) is 6.10 Å². The number of esters is 3. The van der Waals surface area contributed by atoms with E-state index in [9.17, 15) is 14.4 Å². The van der Waals surface area contributed by atoms with Gasteiger partial charge in [-0.2, -0.15) is 0 Å². The van der Waals surface area contributed by atoms with Gasteiger partial charge in [-0.05, 0) is 89.9 Å². The monoisotopic (exact) mass is 867 g/mol. The van der Waals surface area contributed by atoms with Gasteiger partial charge in [0.2, 0.25) is 0 Å². The summed E-state index contributed by atoms with van der Waals surface area (Å²) in [6.45, 7) is 6.56. The zero-order chi connectivity index (χ0) is 45.1. The van der Waals surface area contributed by atoms with Crippen LogP contribution >= 0.6 is 0 Å². The number of allylic oxidation sites excluding steroid dienone is 10. The van der Waals surface area contributed by atoms with E-state index in [1.165, 1.54) is 109 Å². The number of carbonyl (C=O) groups excluding carboxylic acids is 3. The third kappa shape index (κ3) is 48.1. The van der Waals surface area contributed by atoms with Crippen LogP contribution in [0.4, 0.5) is 0 Å². The minimum atomic E-state index is -0.788. The molecule has 0 N–H and O–H groups in total. The summed E-state index contributed by atoms with van der Waals surface area (Å²) >= 11 is 0. The standard InChI is InChI=1S/C56H98O6/c1-4-7-10-13-16-19-22-25-27-28-30-31-34-37-40-43-46-49-55(58)61-52-53(51-60-54(57)48-45-42-39-36-33-24-21-18-15-12-9-6-3)62-56(59)50-47-44-41-38-35-32-29-26-23-20-17-14-11-8-5-2/h16-17,19-20,25-27,29-31,53H,4-15,18,21-24,28,32-52H2,1-3H3/b19-16-,20-17-,27-25-,29-26-,31-30-/t53-/m1/s1. The number of hydrogen-bond donors (Lipinski definition) is 0. The van der Waals surface area contributed by atoms with E-state index in [-0.39, 0.29) is 31.1 Å². The van der Waals surface area contributed by atoms with E-state index < -0.39 is 6.10 Å². The lowest BCUT2D eigenvalue weighted by Crippen LogP contribution is -2.30. The van der Waals surface area contributed by atoms with Gasteiger partial charge in [0.1, 0.15) is 13.2 Å². The van der Waals surface area contributed by atoms with Crippen molar-refractivity contribution >= 4 is 17.9 Å². The topological polar surface area (TPSA) is 78.9 Å². The third-order valence-corrected chi connectivity index (χ3v) is 11.2. The Morgan fingerprint density at radius 1 is 0.323 bits per heavy atom. The van der Waals surface area contributed by atoms with E-state index in [1.807, 2.05) is 0 Å². The van der Waals surface area contributed by atoms with Crippen LogP contribution in [0.15, 0.2) is 60.8 Å². The van der Waals surface area contributed by atoms with Crippen LogP contribution < -0.4 is 0 Å². The second-order valence-corrected chi connectivity index (χ2v) is 17.4. The molecule has 0 aliphatic carbocycles. The molecule has 0 saturated heterocycles. The SMILES string of the molecule is CCCCC/C=C\C/C=C\C/C=C\CCCCCCC(=O)OC[C@@H](COC(=O)CCCCCCCCCCCCCC)OC(=O)CCCCCCC/C=C\C/C=C\CCCCC. The molecule has 0 aromatic carbocycles. The largest absolute Gasteiger partial charge is 0.462 e. The zero-order valence-corrected chi connectivity index (χ0v) is 40.9. The predicted molar refractivity (Wildman–Crippen MR) is 265 cm³/mol. The van der Waals surface area contributed by atoms with Crippen LogP contribution in [0.25, 0.3) is 0 Å². The lowest BCUT2D eigenvalue weighted by atomic mass is 10.0. The van der Waals surface area contributed by atoms with Crippen molar-refractivity contribution < 1.29 is 28.6 Å². The average molecular weight is 867 g/mol. The Morgan fingerprint density at radius 3 is 0.935 bits per heavy atom. The first kappa shape index (κ1) is 59.1. The molecule has 0 aromatic heterocycles. The second-order valence-electron chi connectivity index (χ2n) is 17.4. The van der Waals surface area contributed by atoms with Crippen molar-refractivity contribution in [1.82, 2.24) is 0 Å². The molecule has 0 radical (unpaired) electrons. The maximum Gasteiger partial charge on any atom is 0.306 e. The molecule has 0 aromatic rings. The minimum Gasteiger partial charge on any atom is -0.462 e. The molecule has 0 bridgehead atoms. The zero-order valence-electron chi connectivity index (χ0n) is 40.9. The van der Waals surface area contributed by atoms with Crippen molar-refractivity contribution in [3.63, 3.8) is 0 Å². The molecule has 0 fully saturated rings. The molecule has 0 rings (SSSR count). The molecule has 0 aliphatic rings. The Balaban J connectivity index is 4.43. The third-order valence-electron chi connectivity index (χ3n) is 11.2. The number of hydrogen-bond acceptors (Lipinski definition) is 6. The molecular formula is C56H98O6. The molecule has 62 heavy (non-hydrogen) atoms. The number of rotatable bonds is 47. The fraction of sp³-hybridized carbons (Fsp3) is 0.768. The smallest absolute Gasteiger partial charge is 0.306 e. The summed E-state index contributed by atoms with van der Waals surface area (Å²) in [4.78, 5) is 38.0. The highest BCUT2D eigenvalue weighted by molar-refractivity contribution is 5.71. The molecule has 6 nitrogen and oxygen atoms in total. The normalized spacial score (nSPS) is 12.5. The molecular weight excluding hydrogens is 769 g/mol. The van der Waals surface area contributed by atoms with Crippen LogP contribution in [0, 0.1) is 0 Å². The van der Waals surface area contributed by atoms with Gasteiger partial charge in [-0.25, -0.2) is 0 Å². The first-order chi connectivity index (χ1) is 30.5. The highest BCUT2D eigenvalue weighted by Crippen LogP contribution is 2.14. The van der Waals surface area contributed by atoms with Crippen molar-refractivity contribution in [3.05, 3.63) is 60.8 Å². The highest BCUT2D eigenvalue weighted by atomic mass is 16.6. The fourth-order valence-electron chi connectivity index (χ4n) is 7.24. The van der Waals surface area contributed by atoms with E-state index in [0.717, 1.165) is 109 Å². The second kappa shape index (κ2) is 50.8. The Kier molecular flexibility index (Phi) is 48.4. The van der Waals surface area contributed by atoms with E-state index in [0.29, 0.717) is 19.3 Å². The highest BCUT2D eigenvalue weighted by Gasteiger charge is 2.19.